The molecule has 0 fully saturated rings. The Morgan fingerprint density at radius 3 is 2.44 bits per heavy atom. The Balaban J connectivity index is 1.43. The summed E-state index contributed by atoms with van der Waals surface area (Å²) in [6.07, 6.45) is 6.01. The molecule has 3 aromatic carbocycles. The number of nitrogens with two attached hydrogens (primary N) is 1. The molecule has 6 aromatic rings. The van der Waals surface area contributed by atoms with E-state index in [1.54, 1.807) is 18.7 Å². The number of rotatable bonds is 7. The van der Waals surface area contributed by atoms with Gasteiger partial charge in [-0.25, -0.2) is 4.98 Å². The molecule has 0 radical (unpaired) electrons. The number of hydrogen-bond acceptors (Lipinski definition) is 6. The van der Waals surface area contributed by atoms with Gasteiger partial charge in [-0.3, -0.25) is 9.38 Å². The standard InChI is InChI=1S/C29H25N7/c30-25(16-20-6-2-1-3-7-20)18-32-29-34-27(22-12-14-31-15-13-22)26(28-35-33-19-36(28)29)24-11-10-21-8-4-5-9-23(21)17-24/h1-15,17,19,25H,16,18,30H2,(H,32,34). The van der Waals surface area contributed by atoms with Crippen LogP contribution in [-0.2, 0) is 6.42 Å². The maximum absolute atomic E-state index is 6.46. The van der Waals surface area contributed by atoms with E-state index in [2.05, 4.69) is 63.0 Å². The van der Waals surface area contributed by atoms with Crippen LogP contribution < -0.4 is 11.1 Å². The van der Waals surface area contributed by atoms with Crippen LogP contribution >= 0.6 is 0 Å². The van der Waals surface area contributed by atoms with Gasteiger partial charge in [0.15, 0.2) is 5.65 Å². The van der Waals surface area contributed by atoms with Crippen LogP contribution in [0.15, 0.2) is 104 Å². The normalized spacial score (nSPS) is 12.1. The third kappa shape index (κ3) is 4.28. The smallest absolute Gasteiger partial charge is 0.210 e. The molecule has 0 aliphatic heterocycles. The van der Waals surface area contributed by atoms with E-state index in [9.17, 15) is 0 Å². The molecule has 1 atom stereocenters. The van der Waals surface area contributed by atoms with Crippen molar-refractivity contribution in [3.8, 4) is 22.4 Å². The summed E-state index contributed by atoms with van der Waals surface area (Å²) in [4.78, 5) is 9.26. The minimum atomic E-state index is -0.0785. The summed E-state index contributed by atoms with van der Waals surface area (Å²) in [6, 6.07) is 28.8. The lowest BCUT2D eigenvalue weighted by molar-refractivity contribution is 0.695. The fourth-order valence-electron chi connectivity index (χ4n) is 4.55. The Morgan fingerprint density at radius 2 is 1.61 bits per heavy atom. The minimum Gasteiger partial charge on any atom is -0.354 e. The first-order valence-electron chi connectivity index (χ1n) is 11.9. The van der Waals surface area contributed by atoms with Crippen molar-refractivity contribution in [2.24, 2.45) is 5.73 Å². The Hall–Kier alpha value is -4.62. The Bertz CT molecular complexity index is 1630. The van der Waals surface area contributed by atoms with Crippen molar-refractivity contribution in [2.45, 2.75) is 12.5 Å². The molecular formula is C29H25N7. The van der Waals surface area contributed by atoms with Gasteiger partial charge in [0.25, 0.3) is 0 Å². The monoisotopic (exact) mass is 471 g/mol. The number of hydrogen-bond donors (Lipinski definition) is 2. The van der Waals surface area contributed by atoms with Gasteiger partial charge >= 0.3 is 0 Å². The molecule has 0 bridgehead atoms. The van der Waals surface area contributed by atoms with Gasteiger partial charge in [0, 0.05) is 30.5 Å². The van der Waals surface area contributed by atoms with Gasteiger partial charge in [0.1, 0.15) is 6.33 Å². The van der Waals surface area contributed by atoms with Crippen LogP contribution in [0.4, 0.5) is 5.95 Å². The van der Waals surface area contributed by atoms with Crippen LogP contribution in [0, 0.1) is 0 Å². The fourth-order valence-corrected chi connectivity index (χ4v) is 4.55. The van der Waals surface area contributed by atoms with Gasteiger partial charge in [-0.15, -0.1) is 10.2 Å². The van der Waals surface area contributed by atoms with Crippen LogP contribution in [-0.4, -0.2) is 37.2 Å². The highest BCUT2D eigenvalue weighted by Crippen LogP contribution is 2.36. The highest BCUT2D eigenvalue weighted by atomic mass is 15.3. The second-order valence-electron chi connectivity index (χ2n) is 8.81. The van der Waals surface area contributed by atoms with E-state index in [-0.39, 0.29) is 6.04 Å². The quantitative estimate of drug-likeness (QED) is 0.341. The third-order valence-corrected chi connectivity index (χ3v) is 6.31. The second-order valence-corrected chi connectivity index (χ2v) is 8.81. The Morgan fingerprint density at radius 1 is 0.833 bits per heavy atom. The van der Waals surface area contributed by atoms with Gasteiger partial charge in [-0.05, 0) is 46.5 Å². The van der Waals surface area contributed by atoms with Gasteiger partial charge in [-0.1, -0.05) is 66.7 Å². The van der Waals surface area contributed by atoms with E-state index < -0.39 is 0 Å². The van der Waals surface area contributed by atoms with Crippen LogP contribution in [0.25, 0.3) is 38.8 Å². The van der Waals surface area contributed by atoms with Gasteiger partial charge in [0.05, 0.1) is 11.3 Å². The first-order valence-corrected chi connectivity index (χ1v) is 11.9. The second kappa shape index (κ2) is 9.56. The largest absolute Gasteiger partial charge is 0.354 e. The summed E-state index contributed by atoms with van der Waals surface area (Å²) in [6.45, 7) is 0.556. The zero-order valence-corrected chi connectivity index (χ0v) is 19.6. The lowest BCUT2D eigenvalue weighted by atomic mass is 9.98. The number of nitrogens with zero attached hydrogens (tertiary/aromatic N) is 5. The van der Waals surface area contributed by atoms with Crippen molar-refractivity contribution in [2.75, 3.05) is 11.9 Å². The number of fused-ring (bicyclic) bond motifs is 2. The number of aromatic nitrogens is 5. The summed E-state index contributed by atoms with van der Waals surface area (Å²) < 4.78 is 1.89. The molecule has 3 aromatic heterocycles. The molecule has 0 saturated heterocycles. The first kappa shape index (κ1) is 21.9. The molecule has 3 heterocycles. The molecule has 3 N–H and O–H groups in total. The van der Waals surface area contributed by atoms with Gasteiger partial charge in [-0.2, -0.15) is 0 Å². The van der Waals surface area contributed by atoms with E-state index in [0.717, 1.165) is 39.8 Å². The first-order chi connectivity index (χ1) is 17.8. The summed E-state index contributed by atoms with van der Waals surface area (Å²) in [5.41, 5.74) is 12.1. The number of anilines is 1. The van der Waals surface area contributed by atoms with E-state index >= 15 is 0 Å². The summed E-state index contributed by atoms with van der Waals surface area (Å²) in [7, 11) is 0. The Labute approximate surface area is 208 Å². The Kier molecular flexibility index (Phi) is 5.81. The molecular weight excluding hydrogens is 446 g/mol. The van der Waals surface area contributed by atoms with E-state index in [1.165, 1.54) is 10.9 Å². The zero-order valence-electron chi connectivity index (χ0n) is 19.6. The highest BCUT2D eigenvalue weighted by Gasteiger charge is 2.19. The molecule has 36 heavy (non-hydrogen) atoms. The predicted molar refractivity (Wildman–Crippen MR) is 144 cm³/mol. The molecule has 7 nitrogen and oxygen atoms in total. The minimum absolute atomic E-state index is 0.0785. The van der Waals surface area contributed by atoms with Gasteiger partial charge in [0.2, 0.25) is 5.95 Å². The summed E-state index contributed by atoms with van der Waals surface area (Å²) in [5.74, 6) is 0.648. The maximum atomic E-state index is 6.46. The van der Waals surface area contributed by atoms with E-state index in [1.807, 2.05) is 46.9 Å². The van der Waals surface area contributed by atoms with Crippen LogP contribution in [0.5, 0.6) is 0 Å². The molecule has 1 unspecified atom stereocenters. The van der Waals surface area contributed by atoms with Crippen molar-refractivity contribution in [1.82, 2.24) is 24.6 Å². The van der Waals surface area contributed by atoms with Crippen molar-refractivity contribution < 1.29 is 0 Å². The van der Waals surface area contributed by atoms with Gasteiger partial charge < -0.3 is 11.1 Å². The zero-order chi connectivity index (χ0) is 24.3. The van der Waals surface area contributed by atoms with Crippen molar-refractivity contribution in [3.05, 3.63) is 109 Å². The van der Waals surface area contributed by atoms with Crippen molar-refractivity contribution in [3.63, 3.8) is 0 Å². The average Bonchev–Trinajstić information content (AvgIpc) is 3.42. The molecule has 0 aliphatic rings. The molecule has 0 aliphatic carbocycles. The number of benzene rings is 3. The molecule has 6 rings (SSSR count). The summed E-state index contributed by atoms with van der Waals surface area (Å²) >= 11 is 0. The molecule has 0 amide bonds. The van der Waals surface area contributed by atoms with E-state index in [4.69, 9.17) is 10.7 Å². The van der Waals surface area contributed by atoms with Crippen LogP contribution in [0.2, 0.25) is 0 Å². The van der Waals surface area contributed by atoms with Crippen LogP contribution in [0.3, 0.4) is 0 Å². The highest BCUT2D eigenvalue weighted by molar-refractivity contribution is 5.95. The molecule has 7 heteroatoms. The fraction of sp³-hybridized carbons (Fsp3) is 0.103. The van der Waals surface area contributed by atoms with E-state index in [0.29, 0.717) is 12.5 Å². The van der Waals surface area contributed by atoms with Crippen molar-refractivity contribution >= 4 is 22.4 Å². The SMILES string of the molecule is NC(CNc1nc(-c2ccncc2)c(-c2ccc3ccccc3c2)c2nncn12)Cc1ccccc1. The average molecular weight is 472 g/mol. The lowest BCUT2D eigenvalue weighted by Gasteiger charge is -2.17. The topological polar surface area (TPSA) is 94.0 Å². The molecule has 176 valence electrons. The molecule has 0 saturated carbocycles. The third-order valence-electron chi connectivity index (χ3n) is 6.31. The number of pyridine rings is 1. The predicted octanol–water partition coefficient (Wildman–Crippen LogP) is 4.99. The maximum Gasteiger partial charge on any atom is 0.210 e. The molecule has 0 spiro atoms. The lowest BCUT2D eigenvalue weighted by Crippen LogP contribution is -2.32. The van der Waals surface area contributed by atoms with Crippen molar-refractivity contribution in [1.29, 1.82) is 0 Å². The number of nitrogens with one attached hydrogen (secondary N) is 1. The summed E-state index contributed by atoms with van der Waals surface area (Å²) in [5, 5.41) is 14.5. The van der Waals surface area contributed by atoms with Crippen LogP contribution in [0.1, 0.15) is 5.56 Å².